The number of anilines is 1. The number of nitrogens with zero attached hydrogens (tertiary/aromatic N) is 3. The van der Waals surface area contributed by atoms with Gasteiger partial charge in [-0.2, -0.15) is 0 Å². The number of likely N-dealkylation sites (tertiary alicyclic amines) is 1. The summed E-state index contributed by atoms with van der Waals surface area (Å²) in [6, 6.07) is -0.00164. The van der Waals surface area contributed by atoms with Crippen molar-refractivity contribution in [2.45, 2.75) is 75.4 Å². The van der Waals surface area contributed by atoms with Crippen molar-refractivity contribution in [2.75, 3.05) is 18.4 Å². The van der Waals surface area contributed by atoms with Gasteiger partial charge in [0.05, 0.1) is 17.1 Å². The van der Waals surface area contributed by atoms with Gasteiger partial charge in [0.1, 0.15) is 0 Å². The summed E-state index contributed by atoms with van der Waals surface area (Å²) in [5, 5.41) is 15.4. The number of halogens is 1. The summed E-state index contributed by atoms with van der Waals surface area (Å²) in [5.74, 6) is 2.24. The third-order valence-electron chi connectivity index (χ3n) is 7.75. The van der Waals surface area contributed by atoms with Gasteiger partial charge in [-0.1, -0.05) is 0 Å². The molecule has 5 fully saturated rings. The van der Waals surface area contributed by atoms with Gasteiger partial charge in [-0.05, 0) is 86.1 Å². The molecule has 1 aromatic rings. The Labute approximate surface area is 186 Å². The summed E-state index contributed by atoms with van der Waals surface area (Å²) in [6.45, 7) is 2.99. The zero-order valence-electron chi connectivity index (χ0n) is 17.6. The average Bonchev–Trinajstić information content (AvgIpc) is 3.17. The molecule has 3 N–H and O–H groups in total. The second-order valence-corrected chi connectivity index (χ2v) is 11.1. The molecule has 1 saturated heterocycles. The van der Waals surface area contributed by atoms with E-state index in [9.17, 15) is 4.79 Å². The molecule has 7 nitrogen and oxygen atoms in total. The number of aromatic nitrogens is 2. The highest BCUT2D eigenvalue weighted by molar-refractivity contribution is 9.10. The Morgan fingerprint density at radius 2 is 1.90 bits per heavy atom. The first-order chi connectivity index (χ1) is 14.4. The predicted molar refractivity (Wildman–Crippen MR) is 120 cm³/mol. The fraction of sp³-hybridized carbons (Fsp3) is 0.727. The first kappa shape index (κ1) is 20.4. The minimum atomic E-state index is -0.00164. The Morgan fingerprint density at radius 1 is 1.23 bits per heavy atom. The average molecular weight is 475 g/mol. The molecule has 2 unspecified atom stereocenters. The first-order valence-corrected chi connectivity index (χ1v) is 12.0. The van der Waals surface area contributed by atoms with Crippen LogP contribution in [0.1, 0.15) is 58.3 Å². The largest absolute Gasteiger partial charge is 0.349 e. The fourth-order valence-electron chi connectivity index (χ4n) is 7.11. The van der Waals surface area contributed by atoms with E-state index >= 15 is 0 Å². The normalized spacial score (nSPS) is 36.9. The summed E-state index contributed by atoms with van der Waals surface area (Å²) in [7, 11) is 0. The van der Waals surface area contributed by atoms with E-state index in [1.807, 2.05) is 11.8 Å². The molecule has 30 heavy (non-hydrogen) atoms. The second-order valence-electron chi connectivity index (χ2n) is 10.2. The van der Waals surface area contributed by atoms with Crippen molar-refractivity contribution >= 4 is 33.5 Å². The number of rotatable bonds is 6. The van der Waals surface area contributed by atoms with Crippen molar-refractivity contribution in [1.29, 1.82) is 5.41 Å². The quantitative estimate of drug-likeness (QED) is 0.549. The third kappa shape index (κ3) is 3.77. The van der Waals surface area contributed by atoms with Gasteiger partial charge >= 0.3 is 0 Å². The number of carbonyl (C=O) groups excluding carboxylic acids is 1. The standard InChI is InChI=1S/C22H31BrN6O/c1-14(24)18-3-2-4-29(18)19(30)12-27-21-6-15-5-16(7-21)9-22(8-15,13-21)28-20-25-10-17(23)11-26-20/h10-11,15-16,18,24,27H,2-9,12-13H2,1H3,(H,25,26,28)/t15?,16?,18-,21?,22?/m0/s1. The van der Waals surface area contributed by atoms with E-state index in [0.29, 0.717) is 30.0 Å². The van der Waals surface area contributed by atoms with Crippen LogP contribution in [0.3, 0.4) is 0 Å². The SMILES string of the molecule is CC(=N)[C@@H]1CCCN1C(=O)CNC12CC3CC(C1)CC(Nc1ncc(Br)cn1)(C3)C2. The van der Waals surface area contributed by atoms with Crippen molar-refractivity contribution in [1.82, 2.24) is 20.2 Å². The Balaban J connectivity index is 1.29. The van der Waals surface area contributed by atoms with Gasteiger partial charge in [0.25, 0.3) is 0 Å². The molecular formula is C22H31BrN6O. The van der Waals surface area contributed by atoms with Crippen LogP contribution in [-0.4, -0.2) is 56.7 Å². The Bertz CT molecular complexity index is 829. The van der Waals surface area contributed by atoms with Crippen LogP contribution in [0.15, 0.2) is 16.9 Å². The van der Waals surface area contributed by atoms with Gasteiger partial charge in [-0.3, -0.25) is 4.79 Å². The lowest BCUT2D eigenvalue weighted by atomic mass is 9.50. The van der Waals surface area contributed by atoms with Crippen LogP contribution >= 0.6 is 15.9 Å². The number of amides is 1. The Hall–Kier alpha value is -1.54. The molecule has 1 aromatic heterocycles. The van der Waals surface area contributed by atoms with Crippen LogP contribution in [0.2, 0.25) is 0 Å². The van der Waals surface area contributed by atoms with E-state index in [0.717, 1.165) is 43.1 Å². The lowest BCUT2D eigenvalue weighted by Crippen LogP contribution is -2.67. The maximum Gasteiger partial charge on any atom is 0.237 e. The minimum absolute atomic E-state index is 0.00164. The molecule has 8 heteroatoms. The molecule has 3 atom stereocenters. The Morgan fingerprint density at radius 3 is 2.57 bits per heavy atom. The van der Waals surface area contributed by atoms with Crippen LogP contribution in [0.5, 0.6) is 0 Å². The molecule has 6 rings (SSSR count). The van der Waals surface area contributed by atoms with E-state index in [1.54, 1.807) is 12.4 Å². The smallest absolute Gasteiger partial charge is 0.237 e. The first-order valence-electron chi connectivity index (χ1n) is 11.2. The van der Waals surface area contributed by atoms with E-state index in [4.69, 9.17) is 5.41 Å². The molecule has 4 saturated carbocycles. The maximum absolute atomic E-state index is 13.0. The molecule has 5 aliphatic rings. The molecule has 0 radical (unpaired) electrons. The van der Waals surface area contributed by atoms with Gasteiger partial charge in [0.15, 0.2) is 0 Å². The zero-order valence-corrected chi connectivity index (χ0v) is 19.2. The van der Waals surface area contributed by atoms with Gasteiger partial charge < -0.3 is 20.9 Å². The van der Waals surface area contributed by atoms with Crippen LogP contribution in [-0.2, 0) is 4.79 Å². The summed E-state index contributed by atoms with van der Waals surface area (Å²) in [5.41, 5.74) is 0.653. The van der Waals surface area contributed by atoms with Crippen molar-refractivity contribution < 1.29 is 4.79 Å². The minimum Gasteiger partial charge on any atom is -0.349 e. The molecule has 4 aliphatic carbocycles. The van der Waals surface area contributed by atoms with Crippen molar-refractivity contribution in [2.24, 2.45) is 11.8 Å². The highest BCUT2D eigenvalue weighted by Crippen LogP contribution is 2.58. The monoisotopic (exact) mass is 474 g/mol. The number of hydrogen-bond donors (Lipinski definition) is 3. The molecule has 162 valence electrons. The summed E-state index contributed by atoms with van der Waals surface area (Å²) in [4.78, 5) is 23.8. The molecule has 0 spiro atoms. The van der Waals surface area contributed by atoms with Crippen molar-refractivity contribution in [3.05, 3.63) is 16.9 Å². The molecule has 4 bridgehead atoms. The van der Waals surface area contributed by atoms with Gasteiger partial charge in [0, 0.05) is 35.7 Å². The summed E-state index contributed by atoms with van der Waals surface area (Å²) in [6.07, 6.45) is 12.5. The highest BCUT2D eigenvalue weighted by Gasteiger charge is 2.58. The van der Waals surface area contributed by atoms with Gasteiger partial charge in [0.2, 0.25) is 11.9 Å². The lowest BCUT2D eigenvalue weighted by molar-refractivity contribution is -0.131. The lowest BCUT2D eigenvalue weighted by Gasteiger charge is -2.62. The summed E-state index contributed by atoms with van der Waals surface area (Å²) >= 11 is 3.41. The maximum atomic E-state index is 13.0. The van der Waals surface area contributed by atoms with Crippen molar-refractivity contribution in [3.8, 4) is 0 Å². The van der Waals surface area contributed by atoms with E-state index in [-0.39, 0.29) is 23.0 Å². The number of nitrogens with one attached hydrogen (secondary N) is 3. The number of carbonyl (C=O) groups is 1. The van der Waals surface area contributed by atoms with E-state index in [1.165, 1.54) is 19.3 Å². The van der Waals surface area contributed by atoms with Crippen LogP contribution in [0.4, 0.5) is 5.95 Å². The van der Waals surface area contributed by atoms with Gasteiger partial charge in [-0.15, -0.1) is 0 Å². The molecule has 1 amide bonds. The highest BCUT2D eigenvalue weighted by atomic mass is 79.9. The van der Waals surface area contributed by atoms with E-state index < -0.39 is 0 Å². The zero-order chi connectivity index (χ0) is 20.9. The Kier molecular flexibility index (Phi) is 5.13. The third-order valence-corrected chi connectivity index (χ3v) is 8.16. The fourth-order valence-corrected chi connectivity index (χ4v) is 7.31. The molecule has 2 heterocycles. The topological polar surface area (TPSA) is 94.0 Å². The van der Waals surface area contributed by atoms with E-state index in [2.05, 4.69) is 36.5 Å². The molecule has 1 aliphatic heterocycles. The second kappa shape index (κ2) is 7.55. The molecular weight excluding hydrogens is 444 g/mol. The number of hydrogen-bond acceptors (Lipinski definition) is 6. The van der Waals surface area contributed by atoms with Crippen molar-refractivity contribution in [3.63, 3.8) is 0 Å². The van der Waals surface area contributed by atoms with Crippen LogP contribution < -0.4 is 10.6 Å². The van der Waals surface area contributed by atoms with Crippen LogP contribution in [0, 0.1) is 17.2 Å². The summed E-state index contributed by atoms with van der Waals surface area (Å²) < 4.78 is 0.885. The molecule has 0 aromatic carbocycles. The van der Waals surface area contributed by atoms with Gasteiger partial charge in [-0.25, -0.2) is 9.97 Å². The predicted octanol–water partition coefficient (Wildman–Crippen LogP) is 3.36. The van der Waals surface area contributed by atoms with Crippen LogP contribution in [0.25, 0.3) is 0 Å².